The molecule has 0 saturated carbocycles. The van der Waals surface area contributed by atoms with Crippen LogP contribution < -0.4 is 5.32 Å². The van der Waals surface area contributed by atoms with E-state index in [1.165, 1.54) is 0 Å². The van der Waals surface area contributed by atoms with E-state index in [0.717, 1.165) is 11.4 Å². The van der Waals surface area contributed by atoms with Gasteiger partial charge in [0.05, 0.1) is 11.3 Å². The van der Waals surface area contributed by atoms with Gasteiger partial charge in [-0.05, 0) is 31.2 Å². The van der Waals surface area contributed by atoms with E-state index < -0.39 is 0 Å². The lowest BCUT2D eigenvalue weighted by molar-refractivity contribution is 0.102. The lowest BCUT2D eigenvalue weighted by atomic mass is 10.1. The first-order chi connectivity index (χ1) is 12.7. The number of carbonyl (C=O) groups is 1. The van der Waals surface area contributed by atoms with Crippen molar-refractivity contribution in [3.63, 3.8) is 0 Å². The zero-order valence-corrected chi connectivity index (χ0v) is 13.9. The Morgan fingerprint density at radius 2 is 1.88 bits per heavy atom. The summed E-state index contributed by atoms with van der Waals surface area (Å²) in [7, 11) is 0. The zero-order chi connectivity index (χ0) is 17.9. The summed E-state index contributed by atoms with van der Waals surface area (Å²) in [4.78, 5) is 17.1. The minimum atomic E-state index is -0.224. The van der Waals surface area contributed by atoms with Crippen molar-refractivity contribution in [3.05, 3.63) is 72.6 Å². The number of aromatic amines is 1. The summed E-state index contributed by atoms with van der Waals surface area (Å²) in [5.41, 5.74) is 2.70. The highest BCUT2D eigenvalue weighted by Crippen LogP contribution is 2.21. The third-order valence-corrected chi connectivity index (χ3v) is 3.82. The molecule has 8 nitrogen and oxygen atoms in total. The number of hydrogen-bond acceptors (Lipinski definition) is 5. The Balaban J connectivity index is 1.62. The molecule has 0 radical (unpaired) electrons. The van der Waals surface area contributed by atoms with Gasteiger partial charge < -0.3 is 5.32 Å². The van der Waals surface area contributed by atoms with Gasteiger partial charge in [-0.3, -0.25) is 14.5 Å². The second kappa shape index (κ2) is 6.60. The highest BCUT2D eigenvalue weighted by Gasteiger charge is 2.13. The normalized spacial score (nSPS) is 10.7. The van der Waals surface area contributed by atoms with E-state index in [9.17, 15) is 4.79 Å². The number of rotatable bonds is 4. The first kappa shape index (κ1) is 15.7. The summed E-state index contributed by atoms with van der Waals surface area (Å²) in [5, 5.41) is 17.5. The van der Waals surface area contributed by atoms with Crippen LogP contribution in [-0.4, -0.2) is 35.9 Å². The van der Waals surface area contributed by atoms with Crippen LogP contribution in [0.5, 0.6) is 0 Å². The quantitative estimate of drug-likeness (QED) is 0.592. The smallest absolute Gasteiger partial charge is 0.257 e. The number of aromatic nitrogens is 6. The minimum Gasteiger partial charge on any atom is -0.322 e. The van der Waals surface area contributed by atoms with Crippen molar-refractivity contribution < 1.29 is 4.79 Å². The van der Waals surface area contributed by atoms with Gasteiger partial charge in [0.15, 0.2) is 5.82 Å². The monoisotopic (exact) mass is 345 g/mol. The number of carbonyl (C=O) groups excluding carboxylic acids is 1. The molecule has 0 saturated heterocycles. The van der Waals surface area contributed by atoms with Crippen LogP contribution in [0.2, 0.25) is 0 Å². The molecule has 1 amide bonds. The Bertz CT molecular complexity index is 1050. The molecular weight excluding hydrogens is 330 g/mol. The van der Waals surface area contributed by atoms with Crippen LogP contribution in [0.3, 0.4) is 0 Å². The Hall–Kier alpha value is -3.81. The molecule has 0 bridgehead atoms. The molecule has 2 N–H and O–H groups in total. The molecule has 4 aromatic rings. The number of para-hydroxylation sites is 1. The van der Waals surface area contributed by atoms with Crippen molar-refractivity contribution in [2.75, 3.05) is 5.32 Å². The number of anilines is 1. The van der Waals surface area contributed by atoms with Crippen molar-refractivity contribution >= 4 is 11.6 Å². The van der Waals surface area contributed by atoms with Gasteiger partial charge in [0.25, 0.3) is 5.91 Å². The molecule has 0 aliphatic heterocycles. The first-order valence-electron chi connectivity index (χ1n) is 7.95. The highest BCUT2D eigenvalue weighted by atomic mass is 16.1. The number of hydrogen-bond donors (Lipinski definition) is 2. The van der Waals surface area contributed by atoms with E-state index in [2.05, 4.69) is 30.7 Å². The summed E-state index contributed by atoms with van der Waals surface area (Å²) >= 11 is 0. The van der Waals surface area contributed by atoms with E-state index in [4.69, 9.17) is 0 Å². The molecule has 0 spiro atoms. The lowest BCUT2D eigenvalue weighted by Gasteiger charge is -2.10. The van der Waals surface area contributed by atoms with Crippen LogP contribution >= 0.6 is 0 Å². The molecule has 0 fully saturated rings. The number of nitrogens with zero attached hydrogens (tertiary/aromatic N) is 5. The second-order valence-corrected chi connectivity index (χ2v) is 5.67. The van der Waals surface area contributed by atoms with E-state index in [1.807, 2.05) is 49.4 Å². The minimum absolute atomic E-state index is 0.224. The molecule has 2 aromatic carbocycles. The molecule has 2 aromatic heterocycles. The van der Waals surface area contributed by atoms with Crippen molar-refractivity contribution in [2.24, 2.45) is 0 Å². The van der Waals surface area contributed by atoms with Crippen LogP contribution in [0.4, 0.5) is 5.69 Å². The fourth-order valence-corrected chi connectivity index (χ4v) is 2.62. The van der Waals surface area contributed by atoms with Gasteiger partial charge in [0.2, 0.25) is 0 Å². The summed E-state index contributed by atoms with van der Waals surface area (Å²) in [5.74, 6) is 1.10. The standard InChI is InChI=1S/C18H15N7O/c1-12-21-17(24-23-12)13-5-4-6-14(9-13)22-18(26)15-7-2-3-8-16(15)25-10-19-20-11-25/h2-11H,1H3,(H,22,26)(H,21,23,24). The average molecular weight is 345 g/mol. The summed E-state index contributed by atoms with van der Waals surface area (Å²) in [6.07, 6.45) is 3.11. The maximum absolute atomic E-state index is 12.8. The van der Waals surface area contributed by atoms with Crippen LogP contribution in [0.1, 0.15) is 16.2 Å². The van der Waals surface area contributed by atoms with Crippen LogP contribution in [0.25, 0.3) is 17.1 Å². The molecule has 0 aliphatic carbocycles. The predicted molar refractivity (Wildman–Crippen MR) is 95.9 cm³/mol. The van der Waals surface area contributed by atoms with Gasteiger partial charge >= 0.3 is 0 Å². The topological polar surface area (TPSA) is 101 Å². The predicted octanol–water partition coefficient (Wildman–Crippen LogP) is 2.61. The lowest BCUT2D eigenvalue weighted by Crippen LogP contribution is -2.14. The van der Waals surface area contributed by atoms with Gasteiger partial charge in [-0.25, -0.2) is 4.98 Å². The Morgan fingerprint density at radius 1 is 1.08 bits per heavy atom. The average Bonchev–Trinajstić information content (AvgIpc) is 3.34. The molecule has 26 heavy (non-hydrogen) atoms. The van der Waals surface area contributed by atoms with Gasteiger partial charge in [0.1, 0.15) is 18.5 Å². The van der Waals surface area contributed by atoms with Gasteiger partial charge in [-0.1, -0.05) is 24.3 Å². The fraction of sp³-hybridized carbons (Fsp3) is 0.0556. The van der Waals surface area contributed by atoms with E-state index in [0.29, 0.717) is 22.8 Å². The fourth-order valence-electron chi connectivity index (χ4n) is 2.62. The van der Waals surface area contributed by atoms with Crippen molar-refractivity contribution in [1.29, 1.82) is 0 Å². The summed E-state index contributed by atoms with van der Waals surface area (Å²) in [6, 6.07) is 14.7. The number of benzene rings is 2. The van der Waals surface area contributed by atoms with Crippen LogP contribution in [0.15, 0.2) is 61.2 Å². The zero-order valence-electron chi connectivity index (χ0n) is 13.9. The molecular formula is C18H15N7O. The number of amides is 1. The second-order valence-electron chi connectivity index (χ2n) is 5.67. The van der Waals surface area contributed by atoms with Gasteiger partial charge in [-0.15, -0.1) is 10.2 Å². The third kappa shape index (κ3) is 3.07. The first-order valence-corrected chi connectivity index (χ1v) is 7.95. The van der Waals surface area contributed by atoms with Crippen molar-refractivity contribution in [2.45, 2.75) is 6.92 Å². The molecule has 2 heterocycles. The largest absolute Gasteiger partial charge is 0.322 e. The summed E-state index contributed by atoms with van der Waals surface area (Å²) < 4.78 is 1.70. The third-order valence-electron chi connectivity index (χ3n) is 3.82. The number of aryl methyl sites for hydroxylation is 1. The Morgan fingerprint density at radius 3 is 2.65 bits per heavy atom. The number of nitrogens with one attached hydrogen (secondary N) is 2. The van der Waals surface area contributed by atoms with Crippen molar-refractivity contribution in [3.8, 4) is 17.1 Å². The molecule has 128 valence electrons. The van der Waals surface area contributed by atoms with Gasteiger partial charge in [0, 0.05) is 11.3 Å². The Kier molecular flexibility index (Phi) is 3.98. The van der Waals surface area contributed by atoms with Gasteiger partial charge in [-0.2, -0.15) is 5.10 Å². The summed E-state index contributed by atoms with van der Waals surface area (Å²) in [6.45, 7) is 1.84. The SMILES string of the molecule is Cc1nc(-c2cccc(NC(=O)c3ccccc3-n3cnnc3)c2)n[nH]1. The molecule has 0 unspecified atom stereocenters. The molecule has 4 rings (SSSR count). The highest BCUT2D eigenvalue weighted by molar-refractivity contribution is 6.07. The van der Waals surface area contributed by atoms with Crippen LogP contribution in [-0.2, 0) is 0 Å². The molecule has 0 atom stereocenters. The van der Waals surface area contributed by atoms with Crippen LogP contribution in [0, 0.1) is 6.92 Å². The molecule has 8 heteroatoms. The van der Waals surface area contributed by atoms with E-state index >= 15 is 0 Å². The number of H-pyrrole nitrogens is 1. The van der Waals surface area contributed by atoms with Crippen molar-refractivity contribution in [1.82, 2.24) is 29.9 Å². The van der Waals surface area contributed by atoms with E-state index in [1.54, 1.807) is 23.3 Å². The van der Waals surface area contributed by atoms with E-state index in [-0.39, 0.29) is 5.91 Å². The maximum atomic E-state index is 12.8. The Labute approximate surface area is 148 Å². The molecule has 0 aliphatic rings. The maximum Gasteiger partial charge on any atom is 0.257 e.